The number of nitrogens with one attached hydrogen (secondary N) is 2. The van der Waals surface area contributed by atoms with Crippen molar-refractivity contribution in [3.8, 4) is 11.6 Å². The van der Waals surface area contributed by atoms with E-state index in [0.29, 0.717) is 23.5 Å². The number of anilines is 2. The summed E-state index contributed by atoms with van der Waals surface area (Å²) in [6, 6.07) is 11.5. The summed E-state index contributed by atoms with van der Waals surface area (Å²) in [5, 5.41) is 6.80. The van der Waals surface area contributed by atoms with E-state index in [1.807, 2.05) is 36.4 Å². The molecule has 0 aliphatic carbocycles. The molecule has 1 aromatic carbocycles. The van der Waals surface area contributed by atoms with Gasteiger partial charge in [0.1, 0.15) is 11.6 Å². The molecular weight excluding hydrogens is 386 g/mol. The average molecular weight is 414 g/mol. The second-order valence-corrected chi connectivity index (χ2v) is 7.73. The SMILES string of the molecule is S=C(NC[C@@H]1CCCO1)Nc1nc(Oc2ccccc2)cc(N2CCCCC2)n1. The maximum Gasteiger partial charge on any atom is 0.234 e. The van der Waals surface area contributed by atoms with E-state index < -0.39 is 0 Å². The molecule has 0 saturated carbocycles. The summed E-state index contributed by atoms with van der Waals surface area (Å²) in [6.07, 6.45) is 5.98. The molecule has 0 unspecified atom stereocenters. The molecule has 3 heterocycles. The lowest BCUT2D eigenvalue weighted by Crippen LogP contribution is -2.35. The summed E-state index contributed by atoms with van der Waals surface area (Å²) in [5.41, 5.74) is 0. The van der Waals surface area contributed by atoms with E-state index in [0.717, 1.165) is 44.1 Å². The first-order valence-electron chi connectivity index (χ1n) is 10.3. The molecule has 2 aliphatic heterocycles. The Labute approximate surface area is 176 Å². The zero-order chi connectivity index (χ0) is 19.9. The molecular formula is C21H27N5O2S. The largest absolute Gasteiger partial charge is 0.439 e. The second kappa shape index (κ2) is 9.84. The van der Waals surface area contributed by atoms with Crippen molar-refractivity contribution in [2.45, 2.75) is 38.2 Å². The van der Waals surface area contributed by atoms with Crippen molar-refractivity contribution in [2.75, 3.05) is 36.5 Å². The highest BCUT2D eigenvalue weighted by atomic mass is 32.1. The maximum atomic E-state index is 5.97. The van der Waals surface area contributed by atoms with Gasteiger partial charge in [0.2, 0.25) is 11.8 Å². The van der Waals surface area contributed by atoms with Crippen molar-refractivity contribution in [2.24, 2.45) is 0 Å². The van der Waals surface area contributed by atoms with Gasteiger partial charge in [-0.25, -0.2) is 0 Å². The highest BCUT2D eigenvalue weighted by Crippen LogP contribution is 2.26. The van der Waals surface area contributed by atoms with Gasteiger partial charge in [0.25, 0.3) is 0 Å². The number of ether oxygens (including phenoxy) is 2. The predicted octanol–water partition coefficient (Wildman–Crippen LogP) is 3.72. The summed E-state index contributed by atoms with van der Waals surface area (Å²) in [4.78, 5) is 11.5. The first-order valence-corrected chi connectivity index (χ1v) is 10.7. The molecule has 0 radical (unpaired) electrons. The Morgan fingerprint density at radius 2 is 1.97 bits per heavy atom. The number of hydrogen-bond acceptors (Lipinski definition) is 6. The summed E-state index contributed by atoms with van der Waals surface area (Å²) in [5.74, 6) is 2.52. The van der Waals surface area contributed by atoms with E-state index in [1.54, 1.807) is 0 Å². The third-order valence-electron chi connectivity index (χ3n) is 5.07. The number of benzene rings is 1. The first kappa shape index (κ1) is 19.8. The van der Waals surface area contributed by atoms with Gasteiger partial charge in [-0.3, -0.25) is 0 Å². The highest BCUT2D eigenvalue weighted by Gasteiger charge is 2.18. The van der Waals surface area contributed by atoms with Crippen LogP contribution in [0, 0.1) is 0 Å². The molecule has 2 aromatic rings. The zero-order valence-corrected chi connectivity index (χ0v) is 17.3. The minimum atomic E-state index is 0.215. The van der Waals surface area contributed by atoms with E-state index in [-0.39, 0.29) is 6.10 Å². The van der Waals surface area contributed by atoms with Crippen molar-refractivity contribution in [3.63, 3.8) is 0 Å². The van der Waals surface area contributed by atoms with E-state index >= 15 is 0 Å². The smallest absolute Gasteiger partial charge is 0.234 e. The van der Waals surface area contributed by atoms with Gasteiger partial charge in [-0.2, -0.15) is 9.97 Å². The van der Waals surface area contributed by atoms with Crippen molar-refractivity contribution in [1.29, 1.82) is 0 Å². The minimum absolute atomic E-state index is 0.215. The monoisotopic (exact) mass is 413 g/mol. The molecule has 0 bridgehead atoms. The Balaban J connectivity index is 1.47. The van der Waals surface area contributed by atoms with Crippen LogP contribution in [-0.4, -0.2) is 47.4 Å². The molecule has 4 rings (SSSR count). The third kappa shape index (κ3) is 5.77. The summed E-state index contributed by atoms with van der Waals surface area (Å²) in [7, 11) is 0. The molecule has 8 heteroatoms. The van der Waals surface area contributed by atoms with Crippen LogP contribution in [0.5, 0.6) is 11.6 Å². The molecule has 1 atom stereocenters. The number of nitrogens with zero attached hydrogens (tertiary/aromatic N) is 3. The van der Waals surface area contributed by atoms with Crippen molar-refractivity contribution < 1.29 is 9.47 Å². The van der Waals surface area contributed by atoms with Crippen LogP contribution in [0.4, 0.5) is 11.8 Å². The fourth-order valence-corrected chi connectivity index (χ4v) is 3.75. The lowest BCUT2D eigenvalue weighted by molar-refractivity contribution is 0.114. The van der Waals surface area contributed by atoms with E-state index in [2.05, 4.69) is 25.5 Å². The first-order chi connectivity index (χ1) is 14.3. The number of hydrogen-bond donors (Lipinski definition) is 2. The van der Waals surface area contributed by atoms with Gasteiger partial charge in [0.05, 0.1) is 6.10 Å². The quantitative estimate of drug-likeness (QED) is 0.695. The van der Waals surface area contributed by atoms with Gasteiger partial charge >= 0.3 is 0 Å². The molecule has 7 nitrogen and oxygen atoms in total. The van der Waals surface area contributed by atoms with E-state index in [4.69, 9.17) is 21.7 Å². The predicted molar refractivity (Wildman–Crippen MR) is 118 cm³/mol. The Morgan fingerprint density at radius 3 is 2.72 bits per heavy atom. The second-order valence-electron chi connectivity index (χ2n) is 7.32. The van der Waals surface area contributed by atoms with Crippen LogP contribution in [0.1, 0.15) is 32.1 Å². The van der Waals surface area contributed by atoms with Crippen molar-refractivity contribution in [1.82, 2.24) is 15.3 Å². The molecule has 154 valence electrons. The van der Waals surface area contributed by atoms with E-state index in [1.165, 1.54) is 19.3 Å². The van der Waals surface area contributed by atoms with Crippen molar-refractivity contribution >= 4 is 29.1 Å². The Kier molecular flexibility index (Phi) is 6.74. The van der Waals surface area contributed by atoms with Gasteiger partial charge in [-0.1, -0.05) is 18.2 Å². The zero-order valence-electron chi connectivity index (χ0n) is 16.5. The standard InChI is InChI=1S/C21H27N5O2S/c29-21(22-15-17-10-7-13-27-17)25-20-23-18(26-11-5-2-6-12-26)14-19(24-20)28-16-8-3-1-4-9-16/h1,3-4,8-9,14,17H,2,5-7,10-13,15H2,(H2,22,23,24,25,29)/t17-/m0/s1. The normalized spacial score (nSPS) is 19.0. The fraction of sp³-hybridized carbons (Fsp3) is 0.476. The van der Waals surface area contributed by atoms with Gasteiger partial charge in [0.15, 0.2) is 5.11 Å². The Bertz CT molecular complexity index is 808. The van der Waals surface area contributed by atoms with Crippen LogP contribution in [0.3, 0.4) is 0 Å². The lowest BCUT2D eigenvalue weighted by atomic mass is 10.1. The summed E-state index contributed by atoms with van der Waals surface area (Å²) >= 11 is 5.43. The van der Waals surface area contributed by atoms with Gasteiger partial charge < -0.3 is 25.0 Å². The van der Waals surface area contributed by atoms with Crippen LogP contribution < -0.4 is 20.3 Å². The summed E-state index contributed by atoms with van der Waals surface area (Å²) < 4.78 is 11.6. The molecule has 1 aromatic heterocycles. The number of rotatable bonds is 6. The molecule has 2 N–H and O–H groups in total. The van der Waals surface area contributed by atoms with E-state index in [9.17, 15) is 0 Å². The fourth-order valence-electron chi connectivity index (χ4n) is 3.57. The molecule has 29 heavy (non-hydrogen) atoms. The van der Waals surface area contributed by atoms with Crippen LogP contribution >= 0.6 is 12.2 Å². The van der Waals surface area contributed by atoms with Crippen LogP contribution in [0.15, 0.2) is 36.4 Å². The van der Waals surface area contributed by atoms with Gasteiger partial charge in [-0.05, 0) is 56.5 Å². The molecule has 0 spiro atoms. The molecule has 2 aliphatic rings. The number of para-hydroxylation sites is 1. The number of aromatic nitrogens is 2. The molecule has 0 amide bonds. The minimum Gasteiger partial charge on any atom is -0.439 e. The highest BCUT2D eigenvalue weighted by molar-refractivity contribution is 7.80. The number of piperidine rings is 1. The topological polar surface area (TPSA) is 71.5 Å². The number of thiocarbonyl (C=S) groups is 1. The van der Waals surface area contributed by atoms with Crippen LogP contribution in [0.2, 0.25) is 0 Å². The van der Waals surface area contributed by atoms with Gasteiger partial charge in [-0.15, -0.1) is 0 Å². The van der Waals surface area contributed by atoms with Crippen LogP contribution in [0.25, 0.3) is 0 Å². The Morgan fingerprint density at radius 1 is 1.14 bits per heavy atom. The maximum absolute atomic E-state index is 5.97. The van der Waals surface area contributed by atoms with Crippen molar-refractivity contribution in [3.05, 3.63) is 36.4 Å². The molecule has 2 fully saturated rings. The molecule has 2 saturated heterocycles. The Hall–Kier alpha value is -2.45. The van der Waals surface area contributed by atoms with Crippen LogP contribution in [-0.2, 0) is 4.74 Å². The third-order valence-corrected chi connectivity index (χ3v) is 5.32. The lowest BCUT2D eigenvalue weighted by Gasteiger charge is -2.28. The summed E-state index contributed by atoms with van der Waals surface area (Å²) in [6.45, 7) is 3.49. The average Bonchev–Trinajstić information content (AvgIpc) is 3.27. The van der Waals surface area contributed by atoms with Gasteiger partial charge in [0, 0.05) is 32.3 Å².